The maximum absolute atomic E-state index is 11.7. The number of nitrogens with one attached hydrogen (secondary N) is 2. The lowest BCUT2D eigenvalue weighted by Crippen LogP contribution is -2.30. The Morgan fingerprint density at radius 1 is 1.14 bits per heavy atom. The second-order valence-electron chi connectivity index (χ2n) is 4.42. The summed E-state index contributed by atoms with van der Waals surface area (Å²) in [5.74, 6) is 1.76. The van der Waals surface area contributed by atoms with E-state index in [-0.39, 0.29) is 16.3 Å². The Balaban J connectivity index is 1.65. The fourth-order valence-electron chi connectivity index (χ4n) is 1.71. The van der Waals surface area contributed by atoms with Gasteiger partial charge in [0.15, 0.2) is 0 Å². The van der Waals surface area contributed by atoms with Gasteiger partial charge in [-0.1, -0.05) is 53.5 Å². The molecule has 0 aliphatic rings. The molecule has 2 amide bonds. The lowest BCUT2D eigenvalue weighted by Gasteiger charge is -2.08. The van der Waals surface area contributed by atoms with Crippen LogP contribution in [0.5, 0.6) is 0 Å². The topological polar surface area (TPSA) is 54.0 Å². The van der Waals surface area contributed by atoms with Crippen molar-refractivity contribution in [1.82, 2.24) is 10.3 Å². The fourth-order valence-corrected chi connectivity index (χ4v) is 2.99. The van der Waals surface area contributed by atoms with Crippen LogP contribution in [-0.4, -0.2) is 23.3 Å². The molecule has 0 spiro atoms. The zero-order chi connectivity index (χ0) is 15.8. The van der Waals surface area contributed by atoms with E-state index in [4.69, 9.17) is 23.2 Å². The molecule has 1 aromatic heterocycles. The molecule has 4 nitrogen and oxygen atoms in total. The summed E-state index contributed by atoms with van der Waals surface area (Å²) in [5.41, 5.74) is 1.79. The minimum Gasteiger partial charge on any atom is -0.337 e. The quantitative estimate of drug-likeness (QED) is 0.594. The maximum Gasteiger partial charge on any atom is 0.319 e. The number of anilines is 1. The number of thioether (sulfide) groups is 1. The average Bonchev–Trinajstić information content (AvgIpc) is 2.47. The van der Waals surface area contributed by atoms with Crippen molar-refractivity contribution in [3.8, 4) is 0 Å². The molecular formula is C15H15Cl2N3OS. The minimum absolute atomic E-state index is 0.237. The van der Waals surface area contributed by atoms with Crippen LogP contribution in [0, 0.1) is 0 Å². The van der Waals surface area contributed by atoms with Gasteiger partial charge in [-0.2, -0.15) is 11.8 Å². The number of pyridine rings is 1. The average molecular weight is 356 g/mol. The van der Waals surface area contributed by atoms with E-state index in [1.807, 2.05) is 18.2 Å². The SMILES string of the molecule is O=C(NCCSCc1ccccc1)Nc1cc(Cl)nc(Cl)c1. The minimum atomic E-state index is -0.293. The van der Waals surface area contributed by atoms with Crippen molar-refractivity contribution in [3.05, 3.63) is 58.3 Å². The molecule has 0 radical (unpaired) electrons. The van der Waals surface area contributed by atoms with E-state index in [1.54, 1.807) is 11.8 Å². The number of amides is 2. The number of benzene rings is 1. The molecule has 0 bridgehead atoms. The number of carbonyl (C=O) groups is 1. The normalized spacial score (nSPS) is 10.3. The highest BCUT2D eigenvalue weighted by atomic mass is 35.5. The molecule has 0 saturated carbocycles. The van der Waals surface area contributed by atoms with E-state index in [0.29, 0.717) is 12.2 Å². The standard InChI is InChI=1S/C15H15Cl2N3OS/c16-13-8-12(9-14(17)20-13)19-15(21)18-6-7-22-10-11-4-2-1-3-5-11/h1-5,8-9H,6-7,10H2,(H2,18,19,20,21). The molecule has 1 heterocycles. The first kappa shape index (κ1) is 16.9. The van der Waals surface area contributed by atoms with Crippen molar-refractivity contribution in [2.45, 2.75) is 5.75 Å². The van der Waals surface area contributed by atoms with E-state index in [2.05, 4.69) is 27.8 Å². The fraction of sp³-hybridized carbons (Fsp3) is 0.200. The lowest BCUT2D eigenvalue weighted by molar-refractivity contribution is 0.252. The Kier molecular flexibility index (Phi) is 6.83. The van der Waals surface area contributed by atoms with Crippen molar-refractivity contribution in [3.63, 3.8) is 0 Å². The molecule has 0 aliphatic heterocycles. The third kappa shape index (κ3) is 6.13. The highest BCUT2D eigenvalue weighted by Gasteiger charge is 2.04. The second-order valence-corrected chi connectivity index (χ2v) is 6.30. The largest absolute Gasteiger partial charge is 0.337 e. The molecule has 0 saturated heterocycles. The maximum atomic E-state index is 11.7. The van der Waals surface area contributed by atoms with Gasteiger partial charge in [0.2, 0.25) is 0 Å². The number of nitrogens with zero attached hydrogens (tertiary/aromatic N) is 1. The van der Waals surface area contributed by atoms with Crippen LogP contribution in [0.25, 0.3) is 0 Å². The predicted molar refractivity (Wildman–Crippen MR) is 93.9 cm³/mol. The molecule has 7 heteroatoms. The summed E-state index contributed by atoms with van der Waals surface area (Å²) in [6.07, 6.45) is 0. The monoisotopic (exact) mass is 355 g/mol. The van der Waals surface area contributed by atoms with Gasteiger partial charge in [-0.15, -0.1) is 0 Å². The predicted octanol–water partition coefficient (Wildman–Crippen LogP) is 4.44. The number of halogens is 2. The van der Waals surface area contributed by atoms with Crippen molar-refractivity contribution in [1.29, 1.82) is 0 Å². The van der Waals surface area contributed by atoms with Crippen molar-refractivity contribution >= 4 is 46.7 Å². The van der Waals surface area contributed by atoms with E-state index in [0.717, 1.165) is 11.5 Å². The van der Waals surface area contributed by atoms with Crippen LogP contribution in [0.4, 0.5) is 10.5 Å². The summed E-state index contributed by atoms with van der Waals surface area (Å²) >= 11 is 13.3. The molecule has 0 aliphatic carbocycles. The number of aromatic nitrogens is 1. The first-order chi connectivity index (χ1) is 10.6. The molecule has 116 valence electrons. The van der Waals surface area contributed by atoms with Gasteiger partial charge in [0.1, 0.15) is 10.3 Å². The van der Waals surface area contributed by atoms with Crippen LogP contribution < -0.4 is 10.6 Å². The van der Waals surface area contributed by atoms with Gasteiger partial charge in [0.05, 0.1) is 0 Å². The number of hydrogen-bond acceptors (Lipinski definition) is 3. The first-order valence-electron chi connectivity index (χ1n) is 6.63. The molecule has 2 aromatic rings. The lowest BCUT2D eigenvalue weighted by atomic mass is 10.2. The molecule has 2 N–H and O–H groups in total. The Bertz CT molecular complexity index is 605. The smallest absolute Gasteiger partial charge is 0.319 e. The first-order valence-corrected chi connectivity index (χ1v) is 8.54. The molecule has 22 heavy (non-hydrogen) atoms. The van der Waals surface area contributed by atoms with Crippen LogP contribution in [0.2, 0.25) is 10.3 Å². The second kappa shape index (κ2) is 8.88. The van der Waals surface area contributed by atoms with Gasteiger partial charge in [0, 0.05) is 23.7 Å². The third-order valence-electron chi connectivity index (χ3n) is 2.66. The Labute approximate surface area is 143 Å². The van der Waals surface area contributed by atoms with Crippen LogP contribution in [-0.2, 0) is 5.75 Å². The van der Waals surface area contributed by atoms with Gasteiger partial charge in [0.25, 0.3) is 0 Å². The van der Waals surface area contributed by atoms with Crippen LogP contribution in [0.3, 0.4) is 0 Å². The molecule has 0 fully saturated rings. The Morgan fingerprint density at radius 2 is 1.82 bits per heavy atom. The third-order valence-corrected chi connectivity index (χ3v) is 4.08. The molecule has 1 aromatic carbocycles. The number of rotatable bonds is 6. The van der Waals surface area contributed by atoms with E-state index in [1.165, 1.54) is 17.7 Å². The summed E-state index contributed by atoms with van der Waals surface area (Å²) in [6, 6.07) is 13.0. The number of urea groups is 1. The number of hydrogen-bond donors (Lipinski definition) is 2. The van der Waals surface area contributed by atoms with Gasteiger partial charge in [-0.3, -0.25) is 0 Å². The summed E-state index contributed by atoms with van der Waals surface area (Å²) in [5, 5.41) is 5.92. The highest BCUT2D eigenvalue weighted by Crippen LogP contribution is 2.18. The van der Waals surface area contributed by atoms with Crippen molar-refractivity contribution < 1.29 is 4.79 Å². The Hall–Kier alpha value is -1.43. The van der Waals surface area contributed by atoms with E-state index in [9.17, 15) is 4.79 Å². The molecule has 0 unspecified atom stereocenters. The van der Waals surface area contributed by atoms with Gasteiger partial charge < -0.3 is 10.6 Å². The molecule has 0 atom stereocenters. The highest BCUT2D eigenvalue weighted by molar-refractivity contribution is 7.98. The number of carbonyl (C=O) groups excluding carboxylic acids is 1. The van der Waals surface area contributed by atoms with Crippen LogP contribution in [0.1, 0.15) is 5.56 Å². The summed E-state index contributed by atoms with van der Waals surface area (Å²) < 4.78 is 0. The summed E-state index contributed by atoms with van der Waals surface area (Å²) in [7, 11) is 0. The van der Waals surface area contributed by atoms with Crippen molar-refractivity contribution in [2.24, 2.45) is 0 Å². The van der Waals surface area contributed by atoms with Gasteiger partial charge in [-0.25, -0.2) is 9.78 Å². The van der Waals surface area contributed by atoms with E-state index >= 15 is 0 Å². The zero-order valence-corrected chi connectivity index (χ0v) is 14.0. The zero-order valence-electron chi connectivity index (χ0n) is 11.7. The summed E-state index contributed by atoms with van der Waals surface area (Å²) in [6.45, 7) is 0.579. The molecular weight excluding hydrogens is 341 g/mol. The van der Waals surface area contributed by atoms with Crippen molar-refractivity contribution in [2.75, 3.05) is 17.6 Å². The molecule has 2 rings (SSSR count). The van der Waals surface area contributed by atoms with Crippen LogP contribution >= 0.6 is 35.0 Å². The summed E-state index contributed by atoms with van der Waals surface area (Å²) in [4.78, 5) is 15.5. The van der Waals surface area contributed by atoms with Gasteiger partial charge >= 0.3 is 6.03 Å². The van der Waals surface area contributed by atoms with E-state index < -0.39 is 0 Å². The Morgan fingerprint density at radius 3 is 2.50 bits per heavy atom. The van der Waals surface area contributed by atoms with Gasteiger partial charge in [-0.05, 0) is 17.7 Å². The van der Waals surface area contributed by atoms with Crippen LogP contribution in [0.15, 0.2) is 42.5 Å².